The predicted molar refractivity (Wildman–Crippen MR) is 86.5 cm³/mol. The van der Waals surface area contributed by atoms with Gasteiger partial charge in [-0.25, -0.2) is 4.39 Å². The third kappa shape index (κ3) is 4.26. The fourth-order valence-corrected chi connectivity index (χ4v) is 2.17. The molecule has 0 bridgehead atoms. The molecule has 2 aromatic carbocycles. The molecule has 0 unspecified atom stereocenters. The highest BCUT2D eigenvalue weighted by Gasteiger charge is 2.09. The molecule has 0 aromatic heterocycles. The Hall–Kier alpha value is -1.98. The van der Waals surface area contributed by atoms with E-state index < -0.39 is 5.82 Å². The number of halogens is 3. The molecule has 22 heavy (non-hydrogen) atoms. The van der Waals surface area contributed by atoms with Gasteiger partial charge in [0.15, 0.2) is 0 Å². The average Bonchev–Trinajstić information content (AvgIpc) is 2.48. The molecule has 2 N–H and O–H groups in total. The van der Waals surface area contributed by atoms with E-state index in [0.29, 0.717) is 22.1 Å². The van der Waals surface area contributed by atoms with Gasteiger partial charge < -0.3 is 15.4 Å². The molecule has 0 aliphatic rings. The maximum absolute atomic E-state index is 12.9. The Morgan fingerprint density at radius 3 is 2.64 bits per heavy atom. The van der Waals surface area contributed by atoms with E-state index in [0.717, 1.165) is 6.07 Å². The Balaban J connectivity index is 2.00. The van der Waals surface area contributed by atoms with Crippen LogP contribution in [0.25, 0.3) is 0 Å². The molecule has 0 spiro atoms. The first-order valence-electron chi connectivity index (χ1n) is 6.32. The number of rotatable bonds is 5. The lowest BCUT2D eigenvalue weighted by Crippen LogP contribution is -2.22. The molecule has 7 heteroatoms. The number of anilines is 2. The summed E-state index contributed by atoms with van der Waals surface area (Å²) in [4.78, 5) is 11.9. The van der Waals surface area contributed by atoms with Gasteiger partial charge in [-0.05, 0) is 36.4 Å². The van der Waals surface area contributed by atoms with Crippen LogP contribution in [0, 0.1) is 5.82 Å². The Kier molecular flexibility index (Phi) is 5.46. The maximum atomic E-state index is 12.9. The first kappa shape index (κ1) is 16.4. The second kappa shape index (κ2) is 7.33. The third-order valence-corrected chi connectivity index (χ3v) is 3.35. The van der Waals surface area contributed by atoms with E-state index in [1.54, 1.807) is 18.2 Å². The highest BCUT2D eigenvalue weighted by atomic mass is 35.5. The van der Waals surface area contributed by atoms with E-state index in [1.165, 1.54) is 19.2 Å². The van der Waals surface area contributed by atoms with Gasteiger partial charge in [0.05, 0.1) is 30.1 Å². The minimum Gasteiger partial charge on any atom is -0.495 e. The van der Waals surface area contributed by atoms with Gasteiger partial charge in [-0.3, -0.25) is 4.79 Å². The molecule has 0 aliphatic heterocycles. The van der Waals surface area contributed by atoms with E-state index in [9.17, 15) is 9.18 Å². The van der Waals surface area contributed by atoms with Crippen LogP contribution in [0.2, 0.25) is 10.0 Å². The van der Waals surface area contributed by atoms with Gasteiger partial charge in [0, 0.05) is 5.02 Å². The fraction of sp³-hybridized carbons (Fsp3) is 0.133. The number of hydrogen-bond donors (Lipinski definition) is 2. The molecule has 0 atom stereocenters. The summed E-state index contributed by atoms with van der Waals surface area (Å²) in [5.41, 5.74) is 0.934. The van der Waals surface area contributed by atoms with Crippen molar-refractivity contribution in [2.45, 2.75) is 0 Å². The van der Waals surface area contributed by atoms with Gasteiger partial charge in [-0.2, -0.15) is 0 Å². The molecule has 116 valence electrons. The summed E-state index contributed by atoms with van der Waals surface area (Å²) in [6.45, 7) is -0.0234. The zero-order valence-electron chi connectivity index (χ0n) is 11.6. The Bertz CT molecular complexity index is 695. The normalized spacial score (nSPS) is 10.2. The summed E-state index contributed by atoms with van der Waals surface area (Å²) in [6, 6.07) is 8.77. The molecule has 0 saturated heterocycles. The fourth-order valence-electron chi connectivity index (χ4n) is 1.78. The number of hydrogen-bond acceptors (Lipinski definition) is 3. The number of carbonyl (C=O) groups excluding carboxylic acids is 1. The van der Waals surface area contributed by atoms with Crippen molar-refractivity contribution in [2.24, 2.45) is 0 Å². The van der Waals surface area contributed by atoms with Crippen molar-refractivity contribution in [3.8, 4) is 5.75 Å². The number of benzene rings is 2. The van der Waals surface area contributed by atoms with Crippen LogP contribution in [0.1, 0.15) is 0 Å². The molecule has 0 heterocycles. The van der Waals surface area contributed by atoms with Crippen LogP contribution in [0.4, 0.5) is 15.8 Å². The second-order valence-electron chi connectivity index (χ2n) is 4.37. The van der Waals surface area contributed by atoms with E-state index in [1.807, 2.05) is 0 Å². The van der Waals surface area contributed by atoms with E-state index >= 15 is 0 Å². The van der Waals surface area contributed by atoms with Gasteiger partial charge in [0.25, 0.3) is 0 Å². The van der Waals surface area contributed by atoms with Crippen molar-refractivity contribution < 1.29 is 13.9 Å². The number of amides is 1. The zero-order chi connectivity index (χ0) is 16.1. The first-order valence-corrected chi connectivity index (χ1v) is 7.07. The topological polar surface area (TPSA) is 50.4 Å². The molecule has 0 radical (unpaired) electrons. The quantitative estimate of drug-likeness (QED) is 0.856. The van der Waals surface area contributed by atoms with Crippen LogP contribution >= 0.6 is 23.2 Å². The summed E-state index contributed by atoms with van der Waals surface area (Å²) in [7, 11) is 1.52. The van der Waals surface area contributed by atoms with E-state index in [2.05, 4.69) is 10.6 Å². The van der Waals surface area contributed by atoms with Crippen molar-refractivity contribution in [2.75, 3.05) is 24.3 Å². The van der Waals surface area contributed by atoms with Crippen molar-refractivity contribution in [3.05, 3.63) is 52.3 Å². The van der Waals surface area contributed by atoms with Crippen LogP contribution in [0.5, 0.6) is 5.75 Å². The first-order chi connectivity index (χ1) is 10.5. The molecular formula is C15H13Cl2FN2O2. The standard InChI is InChI=1S/C15H13Cl2FN2O2/c1-22-14-5-2-9(16)6-13(14)19-8-15(21)20-12-4-3-10(18)7-11(12)17/h2-7,19H,8H2,1H3,(H,20,21). The highest BCUT2D eigenvalue weighted by Crippen LogP contribution is 2.27. The Morgan fingerprint density at radius 2 is 1.95 bits per heavy atom. The molecule has 0 saturated carbocycles. The summed E-state index contributed by atoms with van der Waals surface area (Å²) < 4.78 is 18.1. The number of methoxy groups -OCH3 is 1. The monoisotopic (exact) mass is 342 g/mol. The van der Waals surface area contributed by atoms with Crippen molar-refractivity contribution in [1.29, 1.82) is 0 Å². The van der Waals surface area contributed by atoms with Gasteiger partial charge in [0.2, 0.25) is 5.91 Å². The van der Waals surface area contributed by atoms with E-state index in [4.69, 9.17) is 27.9 Å². The number of carbonyl (C=O) groups is 1. The average molecular weight is 343 g/mol. The summed E-state index contributed by atoms with van der Waals surface area (Å²) in [6.07, 6.45) is 0. The molecule has 1 amide bonds. The minimum absolute atomic E-state index is 0.0234. The number of nitrogens with one attached hydrogen (secondary N) is 2. The van der Waals surface area contributed by atoms with Crippen LogP contribution in [0.15, 0.2) is 36.4 Å². The number of ether oxygens (including phenoxy) is 1. The van der Waals surface area contributed by atoms with Crippen molar-refractivity contribution >= 4 is 40.5 Å². The summed E-state index contributed by atoms with van der Waals surface area (Å²) >= 11 is 11.8. The molecule has 0 aliphatic carbocycles. The molecular weight excluding hydrogens is 330 g/mol. The van der Waals surface area contributed by atoms with Crippen molar-refractivity contribution in [3.63, 3.8) is 0 Å². The molecule has 2 aromatic rings. The van der Waals surface area contributed by atoms with Crippen LogP contribution in [-0.4, -0.2) is 19.6 Å². The Labute approximate surface area is 137 Å². The lowest BCUT2D eigenvalue weighted by Gasteiger charge is -2.12. The predicted octanol–water partition coefficient (Wildman–Crippen LogP) is 4.19. The van der Waals surface area contributed by atoms with Gasteiger partial charge in [0.1, 0.15) is 11.6 Å². The lowest BCUT2D eigenvalue weighted by atomic mass is 10.3. The molecule has 2 rings (SSSR count). The van der Waals surface area contributed by atoms with Gasteiger partial charge >= 0.3 is 0 Å². The van der Waals surface area contributed by atoms with Crippen LogP contribution < -0.4 is 15.4 Å². The molecule has 4 nitrogen and oxygen atoms in total. The smallest absolute Gasteiger partial charge is 0.243 e. The van der Waals surface area contributed by atoms with Gasteiger partial charge in [-0.15, -0.1) is 0 Å². The lowest BCUT2D eigenvalue weighted by molar-refractivity contribution is -0.114. The minimum atomic E-state index is -0.468. The SMILES string of the molecule is COc1ccc(Cl)cc1NCC(=O)Nc1ccc(F)cc1Cl. The largest absolute Gasteiger partial charge is 0.495 e. The van der Waals surface area contributed by atoms with Gasteiger partial charge in [-0.1, -0.05) is 23.2 Å². The third-order valence-electron chi connectivity index (χ3n) is 2.81. The maximum Gasteiger partial charge on any atom is 0.243 e. The zero-order valence-corrected chi connectivity index (χ0v) is 13.1. The van der Waals surface area contributed by atoms with Crippen molar-refractivity contribution in [1.82, 2.24) is 0 Å². The highest BCUT2D eigenvalue weighted by molar-refractivity contribution is 6.33. The molecule has 0 fully saturated rings. The summed E-state index contributed by atoms with van der Waals surface area (Å²) in [5.74, 6) is -0.239. The Morgan fingerprint density at radius 1 is 1.18 bits per heavy atom. The van der Waals surface area contributed by atoms with Crippen LogP contribution in [-0.2, 0) is 4.79 Å². The van der Waals surface area contributed by atoms with Crippen LogP contribution in [0.3, 0.4) is 0 Å². The van der Waals surface area contributed by atoms with E-state index in [-0.39, 0.29) is 17.5 Å². The summed E-state index contributed by atoms with van der Waals surface area (Å²) in [5, 5.41) is 6.15. The second-order valence-corrected chi connectivity index (χ2v) is 5.21.